The Morgan fingerprint density at radius 2 is 0.816 bits per heavy atom. The van der Waals surface area contributed by atoms with E-state index in [1.807, 2.05) is 0 Å². The van der Waals surface area contributed by atoms with Gasteiger partial charge in [-0.05, 0) is 81.6 Å². The standard InChI is InChI=1S/C55H98N14O18/c1-24(2)19-33(63-52(83)41(27(7)8)66-45(76)30(13)60-50(81)39(57)25(3)4)47(78)61-32(17-15-16-18-56)46(77)67-40(26(5)6)51(82)59-21-36(72)58-22-37(73)65-44(31(14)71)54(85)64-35(23-70)49(80)62-34(20-38(74)75)48(79)68-42(28(9)10)53(84)69-43(29(11)12)55(86)87/h24-35,39-44,70-71H,15-23,56-57H2,1-14H3,(H,58,72)(H,59,82)(H,60,81)(H,61,78)(H,62,80)(H,63,83)(H,64,85)(H,65,73)(H,66,76)(H,67,77)(H,68,79)(H,69,84)(H,74,75)(H,86,87)/t30-,31+,32-,33-,34-,35-,39-,40-,41-,42-,43-,44-/m0/s1. The molecule has 12 amide bonds. The van der Waals surface area contributed by atoms with E-state index >= 15 is 0 Å². The second-order valence-corrected chi connectivity index (χ2v) is 23.5. The minimum absolute atomic E-state index is 0.0507. The van der Waals surface area contributed by atoms with Crippen LogP contribution in [0.25, 0.3) is 0 Å². The van der Waals surface area contributed by atoms with Crippen LogP contribution in [0.1, 0.15) is 129 Å². The largest absolute Gasteiger partial charge is 0.481 e. The molecule has 0 radical (unpaired) electrons. The number of aliphatic carboxylic acids is 2. The molecule has 32 heteroatoms. The molecular weight excluding hydrogens is 1140 g/mol. The van der Waals surface area contributed by atoms with Crippen LogP contribution in [-0.4, -0.2) is 202 Å². The van der Waals surface area contributed by atoms with Gasteiger partial charge in [0.25, 0.3) is 0 Å². The van der Waals surface area contributed by atoms with Crippen molar-refractivity contribution in [3.63, 3.8) is 0 Å². The third-order valence-corrected chi connectivity index (χ3v) is 13.4. The Labute approximate surface area is 507 Å². The van der Waals surface area contributed by atoms with E-state index < -0.39 is 205 Å². The van der Waals surface area contributed by atoms with Crippen LogP contribution in [0.4, 0.5) is 0 Å². The molecule has 32 nitrogen and oxygen atoms in total. The minimum atomic E-state index is -1.93. The molecule has 0 aliphatic heterocycles. The van der Waals surface area contributed by atoms with Crippen molar-refractivity contribution >= 4 is 82.8 Å². The summed E-state index contributed by atoms with van der Waals surface area (Å²) in [5.74, 6) is -16.8. The van der Waals surface area contributed by atoms with E-state index in [1.165, 1.54) is 34.6 Å². The number of carbonyl (C=O) groups excluding carboxylic acids is 12. The highest BCUT2D eigenvalue weighted by Gasteiger charge is 2.38. The first kappa shape index (κ1) is 79.4. The lowest BCUT2D eigenvalue weighted by Gasteiger charge is -2.29. The van der Waals surface area contributed by atoms with Gasteiger partial charge < -0.3 is 95.7 Å². The minimum Gasteiger partial charge on any atom is -0.481 e. The molecular formula is C55H98N14O18. The number of carbonyl (C=O) groups is 14. The van der Waals surface area contributed by atoms with Gasteiger partial charge in [0.05, 0.1) is 38.3 Å². The van der Waals surface area contributed by atoms with Crippen LogP contribution in [0.2, 0.25) is 0 Å². The fourth-order valence-corrected chi connectivity index (χ4v) is 8.08. The van der Waals surface area contributed by atoms with Crippen molar-refractivity contribution in [3.05, 3.63) is 0 Å². The van der Waals surface area contributed by atoms with Crippen LogP contribution in [-0.2, 0) is 67.1 Å². The summed E-state index contributed by atoms with van der Waals surface area (Å²) in [5, 5.41) is 68.1. The zero-order chi connectivity index (χ0) is 67.3. The topological polar surface area (TPSA) is 516 Å². The number of unbranched alkanes of at least 4 members (excludes halogenated alkanes) is 1. The number of carboxylic acid groups (broad SMARTS) is 2. The maximum atomic E-state index is 14.0. The number of carboxylic acids is 2. The molecule has 12 atom stereocenters. The second-order valence-electron chi connectivity index (χ2n) is 23.5. The monoisotopic (exact) mass is 1240 g/mol. The van der Waals surface area contributed by atoms with E-state index in [9.17, 15) is 87.5 Å². The number of rotatable bonds is 40. The summed E-state index contributed by atoms with van der Waals surface area (Å²) in [6.45, 7) is 19.6. The van der Waals surface area contributed by atoms with Crippen LogP contribution < -0.4 is 75.3 Å². The molecule has 20 N–H and O–H groups in total. The van der Waals surface area contributed by atoms with Crippen molar-refractivity contribution in [2.75, 3.05) is 26.2 Å². The Hall–Kier alpha value is -7.58. The molecule has 0 aromatic rings. The van der Waals surface area contributed by atoms with Gasteiger partial charge in [-0.3, -0.25) is 62.3 Å². The lowest BCUT2D eigenvalue weighted by Crippen LogP contribution is -2.61. The zero-order valence-corrected chi connectivity index (χ0v) is 52.4. The molecule has 0 aromatic carbocycles. The van der Waals surface area contributed by atoms with E-state index in [-0.39, 0.29) is 31.2 Å². The predicted molar refractivity (Wildman–Crippen MR) is 314 cm³/mol. The van der Waals surface area contributed by atoms with Crippen molar-refractivity contribution in [3.8, 4) is 0 Å². The first-order chi connectivity index (χ1) is 40.3. The molecule has 496 valence electrons. The van der Waals surface area contributed by atoms with Crippen molar-refractivity contribution in [2.45, 2.75) is 202 Å². The number of nitrogens with two attached hydrogens (primary N) is 2. The van der Waals surface area contributed by atoms with Gasteiger partial charge in [-0.2, -0.15) is 0 Å². The van der Waals surface area contributed by atoms with Gasteiger partial charge in [-0.25, -0.2) is 4.79 Å². The highest BCUT2D eigenvalue weighted by atomic mass is 16.4. The van der Waals surface area contributed by atoms with E-state index in [0.29, 0.717) is 12.8 Å². The first-order valence-corrected chi connectivity index (χ1v) is 29.1. The molecule has 0 aliphatic rings. The van der Waals surface area contributed by atoms with E-state index in [0.717, 1.165) is 6.92 Å². The van der Waals surface area contributed by atoms with E-state index in [2.05, 4.69) is 63.8 Å². The predicted octanol–water partition coefficient (Wildman–Crippen LogP) is -5.20. The molecule has 0 saturated carbocycles. The van der Waals surface area contributed by atoms with Crippen LogP contribution in [0.5, 0.6) is 0 Å². The van der Waals surface area contributed by atoms with Crippen LogP contribution in [0.15, 0.2) is 0 Å². The van der Waals surface area contributed by atoms with Gasteiger partial charge in [0.15, 0.2) is 0 Å². The number of aliphatic hydroxyl groups is 2. The van der Waals surface area contributed by atoms with Gasteiger partial charge >= 0.3 is 11.9 Å². The smallest absolute Gasteiger partial charge is 0.326 e. The molecule has 0 fully saturated rings. The summed E-state index contributed by atoms with van der Waals surface area (Å²) >= 11 is 0. The molecule has 0 spiro atoms. The Balaban J connectivity index is 6.00. The molecule has 0 saturated heterocycles. The lowest BCUT2D eigenvalue weighted by molar-refractivity contribution is -0.144. The number of hydrogen-bond acceptors (Lipinski definition) is 18. The Kier molecular flexibility index (Phi) is 35.8. The van der Waals surface area contributed by atoms with E-state index in [1.54, 1.807) is 55.4 Å². The highest BCUT2D eigenvalue weighted by molar-refractivity contribution is 5.99. The van der Waals surface area contributed by atoms with Gasteiger partial charge in [0, 0.05) is 0 Å². The van der Waals surface area contributed by atoms with Gasteiger partial charge in [0.1, 0.15) is 60.4 Å². The molecule has 0 unspecified atom stereocenters. The number of aliphatic hydroxyl groups excluding tert-OH is 2. The van der Waals surface area contributed by atoms with Crippen LogP contribution in [0, 0.1) is 35.5 Å². The molecule has 0 aromatic heterocycles. The SMILES string of the molecule is CC(C)C[C@H](NC(=O)[C@@H](NC(=O)[C@H](C)NC(=O)[C@@H](N)C(C)C)C(C)C)C(=O)N[C@@H](CCCCN)C(=O)N[C@H](C(=O)NCC(=O)NCC(=O)N[C@H](C(=O)N[C@@H](CO)C(=O)N[C@@H](CC(=O)O)C(=O)N[C@H](C(=O)N[C@H](C(=O)O)C(C)C)C(C)C)[C@@H](C)O)C(C)C. The Bertz CT molecular complexity index is 2370. The number of nitrogens with one attached hydrogen (secondary N) is 12. The number of amides is 12. The van der Waals surface area contributed by atoms with Crippen molar-refractivity contribution < 1.29 is 87.5 Å². The molecule has 0 aliphatic carbocycles. The summed E-state index contributed by atoms with van der Waals surface area (Å²) in [6.07, 6.45) is -1.80. The average Bonchev–Trinajstić information content (AvgIpc) is 2.74. The van der Waals surface area contributed by atoms with Crippen LogP contribution in [0.3, 0.4) is 0 Å². The maximum Gasteiger partial charge on any atom is 0.326 e. The zero-order valence-electron chi connectivity index (χ0n) is 52.4. The molecule has 87 heavy (non-hydrogen) atoms. The van der Waals surface area contributed by atoms with Crippen molar-refractivity contribution in [1.29, 1.82) is 0 Å². The summed E-state index contributed by atoms with van der Waals surface area (Å²) in [7, 11) is 0. The first-order valence-electron chi connectivity index (χ1n) is 29.1. The molecule has 0 heterocycles. The summed E-state index contributed by atoms with van der Waals surface area (Å²) in [6, 6.07) is -15.4. The van der Waals surface area contributed by atoms with Crippen LogP contribution >= 0.6 is 0 Å². The average molecular weight is 1240 g/mol. The summed E-state index contributed by atoms with van der Waals surface area (Å²) in [5.41, 5.74) is 11.6. The van der Waals surface area contributed by atoms with Gasteiger partial charge in [-0.15, -0.1) is 0 Å². The Morgan fingerprint density at radius 3 is 1.28 bits per heavy atom. The van der Waals surface area contributed by atoms with Gasteiger partial charge in [0.2, 0.25) is 70.9 Å². The number of hydrogen-bond donors (Lipinski definition) is 18. The fraction of sp³-hybridized carbons (Fsp3) is 0.745. The Morgan fingerprint density at radius 1 is 0.402 bits per heavy atom. The maximum absolute atomic E-state index is 14.0. The third kappa shape index (κ3) is 29.1. The van der Waals surface area contributed by atoms with E-state index in [4.69, 9.17) is 11.5 Å². The third-order valence-electron chi connectivity index (χ3n) is 13.4. The second kappa shape index (κ2) is 39.3. The van der Waals surface area contributed by atoms with Crippen molar-refractivity contribution in [2.24, 2.45) is 47.0 Å². The van der Waals surface area contributed by atoms with Crippen molar-refractivity contribution in [1.82, 2.24) is 63.8 Å². The highest BCUT2D eigenvalue weighted by Crippen LogP contribution is 2.13. The summed E-state index contributed by atoms with van der Waals surface area (Å²) in [4.78, 5) is 183. The normalized spacial score (nSPS) is 15.5. The quantitative estimate of drug-likeness (QED) is 0.0255. The van der Waals surface area contributed by atoms with Gasteiger partial charge in [-0.1, -0.05) is 83.1 Å². The fourth-order valence-electron chi connectivity index (χ4n) is 8.08. The summed E-state index contributed by atoms with van der Waals surface area (Å²) < 4.78 is 0. The molecule has 0 rings (SSSR count). The lowest BCUT2D eigenvalue weighted by atomic mass is 9.98. The molecule has 0 bridgehead atoms.